The summed E-state index contributed by atoms with van der Waals surface area (Å²) in [5.41, 5.74) is 3.04. The zero-order valence-corrected chi connectivity index (χ0v) is 17.6. The number of hydrogen-bond acceptors (Lipinski definition) is 5. The third kappa shape index (κ3) is 6.40. The smallest absolute Gasteiger partial charge is 0.232 e. The monoisotopic (exact) mass is 431 g/mol. The molecule has 29 heavy (non-hydrogen) atoms. The van der Waals surface area contributed by atoms with E-state index >= 15 is 0 Å². The molecule has 1 heterocycles. The van der Waals surface area contributed by atoms with Gasteiger partial charge < -0.3 is 5.32 Å². The number of aromatic nitrogens is 1. The third-order valence-electron chi connectivity index (χ3n) is 4.17. The summed E-state index contributed by atoms with van der Waals surface area (Å²) in [7, 11) is -3.36. The molecule has 0 spiro atoms. The topological polar surface area (TPSA) is 71.1 Å². The van der Waals surface area contributed by atoms with Crippen molar-refractivity contribution in [2.24, 2.45) is 0 Å². The van der Waals surface area contributed by atoms with E-state index in [0.717, 1.165) is 28.2 Å². The summed E-state index contributed by atoms with van der Waals surface area (Å²) < 4.78 is 39.5. The predicted molar refractivity (Wildman–Crippen MR) is 119 cm³/mol. The maximum Gasteiger partial charge on any atom is 0.232 e. The zero-order chi connectivity index (χ0) is 20.7. The van der Waals surface area contributed by atoms with Crippen LogP contribution in [0.25, 0.3) is 12.2 Å². The van der Waals surface area contributed by atoms with Gasteiger partial charge in [0.15, 0.2) is 0 Å². The third-order valence-corrected chi connectivity index (χ3v) is 6.31. The van der Waals surface area contributed by atoms with E-state index in [4.69, 9.17) is 0 Å². The number of anilines is 2. The lowest BCUT2D eigenvalue weighted by Gasteiger charge is -2.13. The van der Waals surface area contributed by atoms with Crippen molar-refractivity contribution in [1.82, 2.24) is 4.98 Å². The van der Waals surface area contributed by atoms with Crippen LogP contribution in [0.1, 0.15) is 23.1 Å². The summed E-state index contributed by atoms with van der Waals surface area (Å²) in [6, 6.07) is 11.5. The van der Waals surface area contributed by atoms with Crippen LogP contribution in [0.3, 0.4) is 0 Å². The number of sulfonamides is 1. The minimum Gasteiger partial charge on any atom is -0.384 e. The Morgan fingerprint density at radius 3 is 2.62 bits per heavy atom. The number of thiazole rings is 1. The van der Waals surface area contributed by atoms with Gasteiger partial charge in [-0.15, -0.1) is 11.3 Å². The van der Waals surface area contributed by atoms with Crippen LogP contribution in [0.2, 0.25) is 0 Å². The zero-order valence-electron chi connectivity index (χ0n) is 15.9. The molecule has 0 aliphatic carbocycles. The average Bonchev–Trinajstić information content (AvgIpc) is 3.22. The molecule has 0 bridgehead atoms. The second-order valence-electron chi connectivity index (χ2n) is 6.30. The van der Waals surface area contributed by atoms with Gasteiger partial charge in [-0.1, -0.05) is 24.3 Å². The molecule has 0 saturated heterocycles. The minimum atomic E-state index is -3.36. The minimum absolute atomic E-state index is 0.00155. The van der Waals surface area contributed by atoms with E-state index in [-0.39, 0.29) is 11.6 Å². The predicted octanol–water partition coefficient (Wildman–Crippen LogP) is 4.87. The summed E-state index contributed by atoms with van der Waals surface area (Å²) in [5.74, 6) is -0.288. The highest BCUT2D eigenvalue weighted by Crippen LogP contribution is 2.24. The van der Waals surface area contributed by atoms with Gasteiger partial charge in [-0.3, -0.25) is 4.72 Å². The molecule has 0 aliphatic rings. The van der Waals surface area contributed by atoms with Crippen LogP contribution >= 0.6 is 11.3 Å². The van der Waals surface area contributed by atoms with E-state index in [1.54, 1.807) is 48.7 Å². The van der Waals surface area contributed by atoms with E-state index in [0.29, 0.717) is 12.2 Å². The fourth-order valence-electron chi connectivity index (χ4n) is 2.62. The lowest BCUT2D eigenvalue weighted by Crippen LogP contribution is -2.14. The highest BCUT2D eigenvalue weighted by atomic mass is 32.2. The first-order chi connectivity index (χ1) is 13.9. The lowest BCUT2D eigenvalue weighted by atomic mass is 10.1. The summed E-state index contributed by atoms with van der Waals surface area (Å²) in [5, 5.41) is 6.37. The molecule has 8 heteroatoms. The molecule has 3 aromatic rings. The lowest BCUT2D eigenvalue weighted by molar-refractivity contribution is 0.602. The van der Waals surface area contributed by atoms with Crippen molar-refractivity contribution in [1.29, 1.82) is 0 Å². The molecule has 3 rings (SSSR count). The van der Waals surface area contributed by atoms with Gasteiger partial charge in [0.1, 0.15) is 5.82 Å². The molecule has 2 aromatic carbocycles. The molecule has 0 fully saturated rings. The van der Waals surface area contributed by atoms with E-state index in [1.807, 2.05) is 23.6 Å². The second-order valence-corrected chi connectivity index (χ2v) is 9.29. The van der Waals surface area contributed by atoms with Gasteiger partial charge in [-0.05, 0) is 48.4 Å². The van der Waals surface area contributed by atoms with Crippen molar-refractivity contribution >= 4 is 44.9 Å². The molecular formula is C21H22FN3O2S2. The molecule has 5 nitrogen and oxygen atoms in total. The fourth-order valence-corrected chi connectivity index (χ4v) is 3.87. The first-order valence-electron chi connectivity index (χ1n) is 9.15. The van der Waals surface area contributed by atoms with Crippen molar-refractivity contribution in [2.75, 3.05) is 22.3 Å². The molecule has 152 valence electrons. The van der Waals surface area contributed by atoms with Crippen LogP contribution in [0.15, 0.2) is 54.0 Å². The standard InChI is InChI=1S/C21H22FN3O2S2/c1-2-29(26,27)25-19-9-10-20(23-12-11-21-24-13-14-28-21)17(15-19)6-3-16-4-7-18(22)8-5-16/h3-10,13-15,23,25H,2,11-12H2,1H3. The number of nitrogens with one attached hydrogen (secondary N) is 2. The molecule has 0 radical (unpaired) electrons. The highest BCUT2D eigenvalue weighted by Gasteiger charge is 2.09. The maximum atomic E-state index is 13.1. The molecule has 1 aromatic heterocycles. The molecule has 0 amide bonds. The van der Waals surface area contributed by atoms with Gasteiger partial charge in [-0.25, -0.2) is 17.8 Å². The van der Waals surface area contributed by atoms with Crippen LogP contribution in [-0.4, -0.2) is 25.7 Å². The van der Waals surface area contributed by atoms with Crippen LogP contribution in [0, 0.1) is 5.82 Å². The van der Waals surface area contributed by atoms with E-state index < -0.39 is 10.0 Å². The molecule has 0 aliphatic heterocycles. The summed E-state index contributed by atoms with van der Waals surface area (Å²) in [4.78, 5) is 4.27. The Morgan fingerprint density at radius 2 is 1.93 bits per heavy atom. The van der Waals surface area contributed by atoms with E-state index in [1.165, 1.54) is 12.1 Å². The number of nitrogens with zero attached hydrogens (tertiary/aromatic N) is 1. The van der Waals surface area contributed by atoms with Crippen LogP contribution in [-0.2, 0) is 16.4 Å². The fraction of sp³-hybridized carbons (Fsp3) is 0.190. The second kappa shape index (κ2) is 9.67. The van der Waals surface area contributed by atoms with Crippen LogP contribution in [0.4, 0.5) is 15.8 Å². The van der Waals surface area contributed by atoms with Gasteiger partial charge in [0.25, 0.3) is 0 Å². The van der Waals surface area contributed by atoms with Crippen LogP contribution < -0.4 is 10.0 Å². The van der Waals surface area contributed by atoms with Crippen molar-refractivity contribution in [3.63, 3.8) is 0 Å². The SMILES string of the molecule is CCS(=O)(=O)Nc1ccc(NCCc2nccs2)c(C=Cc2ccc(F)cc2)c1. The number of hydrogen-bond donors (Lipinski definition) is 2. The largest absolute Gasteiger partial charge is 0.384 e. The first kappa shape index (κ1) is 21.0. The Morgan fingerprint density at radius 1 is 1.14 bits per heavy atom. The van der Waals surface area contributed by atoms with E-state index in [2.05, 4.69) is 15.0 Å². The maximum absolute atomic E-state index is 13.1. The van der Waals surface area contributed by atoms with Gasteiger partial charge in [0.2, 0.25) is 10.0 Å². The molecule has 0 saturated carbocycles. The first-order valence-corrected chi connectivity index (χ1v) is 11.7. The summed E-state index contributed by atoms with van der Waals surface area (Å²) in [6.45, 7) is 2.29. The normalized spacial score (nSPS) is 11.7. The molecule has 2 N–H and O–H groups in total. The number of halogens is 1. The van der Waals surface area contributed by atoms with Crippen LogP contribution in [0.5, 0.6) is 0 Å². The number of benzene rings is 2. The Bertz CT molecular complexity index is 1060. The van der Waals surface area contributed by atoms with Gasteiger partial charge in [0, 0.05) is 35.9 Å². The quantitative estimate of drug-likeness (QED) is 0.474. The Balaban J connectivity index is 1.81. The Labute approximate surface area is 174 Å². The van der Waals surface area contributed by atoms with Gasteiger partial charge >= 0.3 is 0 Å². The average molecular weight is 432 g/mol. The summed E-state index contributed by atoms with van der Waals surface area (Å²) in [6.07, 6.45) is 6.32. The van der Waals surface area contributed by atoms with Crippen molar-refractivity contribution in [3.8, 4) is 0 Å². The van der Waals surface area contributed by atoms with Crippen molar-refractivity contribution in [3.05, 3.63) is 76.0 Å². The molecule has 0 unspecified atom stereocenters. The number of rotatable bonds is 9. The molecular weight excluding hydrogens is 409 g/mol. The Kier molecular flexibility index (Phi) is 7.00. The van der Waals surface area contributed by atoms with Crippen molar-refractivity contribution in [2.45, 2.75) is 13.3 Å². The Hall–Kier alpha value is -2.71. The van der Waals surface area contributed by atoms with E-state index in [9.17, 15) is 12.8 Å². The van der Waals surface area contributed by atoms with Gasteiger partial charge in [0.05, 0.1) is 10.8 Å². The summed E-state index contributed by atoms with van der Waals surface area (Å²) >= 11 is 1.61. The van der Waals surface area contributed by atoms with Gasteiger partial charge in [-0.2, -0.15) is 0 Å². The highest BCUT2D eigenvalue weighted by molar-refractivity contribution is 7.92. The van der Waals surface area contributed by atoms with Crippen molar-refractivity contribution < 1.29 is 12.8 Å². The molecule has 0 atom stereocenters.